The number of amides is 3. The van der Waals surface area contributed by atoms with Gasteiger partial charge in [-0.25, -0.2) is 5.43 Å². The van der Waals surface area contributed by atoms with E-state index in [-0.39, 0.29) is 5.92 Å². The van der Waals surface area contributed by atoms with Crippen LogP contribution >= 0.6 is 0 Å². The first kappa shape index (κ1) is 31.6. The lowest BCUT2D eigenvalue weighted by Crippen LogP contribution is -2.61. The van der Waals surface area contributed by atoms with Crippen molar-refractivity contribution in [2.75, 3.05) is 6.54 Å². The van der Waals surface area contributed by atoms with Gasteiger partial charge in [0, 0.05) is 6.54 Å². The molecule has 222 valence electrons. The first-order valence-corrected chi connectivity index (χ1v) is 13.8. The quantitative estimate of drug-likeness (QED) is 0.277. The Labute approximate surface area is 240 Å². The molecule has 2 aromatic carbocycles. The number of hydrogen-bond donors (Lipinski definition) is 5. The van der Waals surface area contributed by atoms with Crippen LogP contribution in [0.2, 0.25) is 0 Å². The van der Waals surface area contributed by atoms with Crippen LogP contribution < -0.4 is 20.8 Å². The standard InChI is InChI=1S/C30H40N4O7/c1-17(2)26(28(37)31-18(3)29(38)34-15-7-10-25(33-34)30(39)40)32-27(36)20(5)41-24-13-11-21(12-14-24)23-9-6-8-22(16-23)19(4)35/h6,8-9,11-14,16-20,25-26,33,35H,7,10,15H2,1-5H3,(H,31,37)(H,32,36)(H,39,40)/t18-,19?,20+,25-,26-/m0/s1. The molecule has 2 aromatic rings. The van der Waals surface area contributed by atoms with Gasteiger partial charge < -0.3 is 25.6 Å². The molecule has 1 heterocycles. The van der Waals surface area contributed by atoms with Crippen LogP contribution in [0.15, 0.2) is 48.5 Å². The minimum Gasteiger partial charge on any atom is -0.481 e. The number of rotatable bonds is 11. The Kier molecular flexibility index (Phi) is 10.8. The number of nitrogens with one attached hydrogen (secondary N) is 3. The topological polar surface area (TPSA) is 157 Å². The number of aliphatic carboxylic acids is 1. The van der Waals surface area contributed by atoms with E-state index in [0.29, 0.717) is 25.1 Å². The number of benzene rings is 2. The third-order valence-corrected chi connectivity index (χ3v) is 6.97. The molecule has 5 N–H and O–H groups in total. The minimum absolute atomic E-state index is 0.283. The lowest BCUT2D eigenvalue weighted by atomic mass is 10.0. The largest absolute Gasteiger partial charge is 0.481 e. The van der Waals surface area contributed by atoms with E-state index in [2.05, 4.69) is 16.1 Å². The highest BCUT2D eigenvalue weighted by Gasteiger charge is 2.33. The molecule has 1 aliphatic heterocycles. The molecule has 0 saturated carbocycles. The summed E-state index contributed by atoms with van der Waals surface area (Å²) < 4.78 is 5.82. The maximum Gasteiger partial charge on any atom is 0.322 e. The van der Waals surface area contributed by atoms with Crippen LogP contribution in [0.25, 0.3) is 11.1 Å². The summed E-state index contributed by atoms with van der Waals surface area (Å²) in [5.41, 5.74) is 5.36. The van der Waals surface area contributed by atoms with Gasteiger partial charge in [0.1, 0.15) is 23.9 Å². The number of carboxylic acids is 1. The van der Waals surface area contributed by atoms with E-state index < -0.39 is 54.0 Å². The second kappa shape index (κ2) is 14.1. The molecule has 1 unspecified atom stereocenters. The summed E-state index contributed by atoms with van der Waals surface area (Å²) in [7, 11) is 0. The van der Waals surface area contributed by atoms with Crippen molar-refractivity contribution in [3.8, 4) is 16.9 Å². The number of aliphatic hydroxyl groups is 1. The Bertz CT molecular complexity index is 1230. The average molecular weight is 569 g/mol. The molecule has 11 heteroatoms. The highest BCUT2D eigenvalue weighted by Crippen LogP contribution is 2.25. The predicted octanol–water partition coefficient (Wildman–Crippen LogP) is 2.40. The number of carbonyl (C=O) groups excluding carboxylic acids is 3. The monoisotopic (exact) mass is 568 g/mol. The third-order valence-electron chi connectivity index (χ3n) is 6.97. The Hall–Kier alpha value is -3.96. The van der Waals surface area contributed by atoms with Crippen LogP contribution in [0, 0.1) is 5.92 Å². The summed E-state index contributed by atoms with van der Waals surface area (Å²) in [6.07, 6.45) is -0.546. The van der Waals surface area contributed by atoms with E-state index in [1.165, 1.54) is 11.9 Å². The smallest absolute Gasteiger partial charge is 0.322 e. The van der Waals surface area contributed by atoms with E-state index >= 15 is 0 Å². The van der Waals surface area contributed by atoms with Crippen molar-refractivity contribution in [2.45, 2.75) is 77.8 Å². The van der Waals surface area contributed by atoms with Crippen molar-refractivity contribution >= 4 is 23.7 Å². The molecule has 3 amide bonds. The van der Waals surface area contributed by atoms with Crippen molar-refractivity contribution in [1.82, 2.24) is 21.1 Å². The van der Waals surface area contributed by atoms with Crippen molar-refractivity contribution in [3.05, 3.63) is 54.1 Å². The van der Waals surface area contributed by atoms with Gasteiger partial charge in [0.25, 0.3) is 11.8 Å². The maximum atomic E-state index is 13.0. The molecule has 0 aromatic heterocycles. The number of hydrogen-bond acceptors (Lipinski definition) is 7. The van der Waals surface area contributed by atoms with Gasteiger partial charge in [-0.3, -0.25) is 24.2 Å². The van der Waals surface area contributed by atoms with E-state index in [4.69, 9.17) is 4.74 Å². The lowest BCUT2D eigenvalue weighted by molar-refractivity contribution is -0.148. The normalized spacial score (nSPS) is 18.1. The SMILES string of the molecule is CC(O)c1cccc(-c2ccc(O[C@H](C)C(=O)N[C@H](C(=O)N[C@@H](C)C(=O)N3CCC[C@@H](C(=O)O)N3)C(C)C)cc2)c1. The zero-order valence-electron chi connectivity index (χ0n) is 24.1. The fourth-order valence-electron chi connectivity index (χ4n) is 4.49. The molecule has 5 atom stereocenters. The molecule has 1 saturated heterocycles. The number of carbonyl (C=O) groups is 4. The average Bonchev–Trinajstić information content (AvgIpc) is 2.95. The lowest BCUT2D eigenvalue weighted by Gasteiger charge is -2.34. The van der Waals surface area contributed by atoms with Crippen molar-refractivity contribution in [3.63, 3.8) is 0 Å². The summed E-state index contributed by atoms with van der Waals surface area (Å²) in [6.45, 7) is 8.69. The fraction of sp³-hybridized carbons (Fsp3) is 0.467. The number of hydrazine groups is 1. The van der Waals surface area contributed by atoms with Gasteiger partial charge in [-0.05, 0) is 74.4 Å². The Morgan fingerprint density at radius 2 is 1.63 bits per heavy atom. The van der Waals surface area contributed by atoms with E-state index in [0.717, 1.165) is 16.7 Å². The van der Waals surface area contributed by atoms with E-state index in [9.17, 15) is 29.4 Å². The van der Waals surface area contributed by atoms with Gasteiger partial charge in [-0.1, -0.05) is 44.2 Å². The van der Waals surface area contributed by atoms with Crippen molar-refractivity contribution in [2.24, 2.45) is 5.92 Å². The second-order valence-corrected chi connectivity index (χ2v) is 10.7. The summed E-state index contributed by atoms with van der Waals surface area (Å²) in [5, 5.41) is 25.7. The number of ether oxygens (including phenoxy) is 1. The van der Waals surface area contributed by atoms with Gasteiger partial charge >= 0.3 is 5.97 Å². The molecule has 3 rings (SSSR count). The maximum absolute atomic E-state index is 13.0. The molecule has 0 spiro atoms. The minimum atomic E-state index is -1.04. The first-order valence-electron chi connectivity index (χ1n) is 13.8. The van der Waals surface area contributed by atoms with Crippen LogP contribution in [0.1, 0.15) is 59.1 Å². The molecular formula is C30H40N4O7. The Balaban J connectivity index is 1.57. The number of aliphatic hydroxyl groups excluding tert-OH is 1. The van der Waals surface area contributed by atoms with Gasteiger partial charge in [0.2, 0.25) is 5.91 Å². The van der Waals surface area contributed by atoms with Crippen molar-refractivity contribution < 1.29 is 34.1 Å². The fourth-order valence-corrected chi connectivity index (χ4v) is 4.49. The predicted molar refractivity (Wildman–Crippen MR) is 152 cm³/mol. The van der Waals surface area contributed by atoms with Gasteiger partial charge in [0.15, 0.2) is 6.10 Å². The zero-order chi connectivity index (χ0) is 30.3. The van der Waals surface area contributed by atoms with Crippen molar-refractivity contribution in [1.29, 1.82) is 0 Å². The van der Waals surface area contributed by atoms with Crippen LogP contribution in [0.5, 0.6) is 5.75 Å². The van der Waals surface area contributed by atoms with Gasteiger partial charge in [-0.15, -0.1) is 0 Å². The summed E-state index contributed by atoms with van der Waals surface area (Å²) in [5.74, 6) is -2.34. The van der Waals surface area contributed by atoms with Gasteiger partial charge in [0.05, 0.1) is 6.10 Å². The first-order chi connectivity index (χ1) is 19.4. The van der Waals surface area contributed by atoms with E-state index in [1.807, 2.05) is 36.4 Å². The molecule has 1 fully saturated rings. The molecule has 1 aliphatic rings. The molecule has 0 aliphatic carbocycles. The summed E-state index contributed by atoms with van der Waals surface area (Å²) in [6, 6.07) is 12.1. The second-order valence-electron chi connectivity index (χ2n) is 10.7. The summed E-state index contributed by atoms with van der Waals surface area (Å²) >= 11 is 0. The molecule has 0 bridgehead atoms. The highest BCUT2D eigenvalue weighted by atomic mass is 16.5. The highest BCUT2D eigenvalue weighted by molar-refractivity contribution is 5.93. The molecule has 0 radical (unpaired) electrons. The molecular weight excluding hydrogens is 528 g/mol. The third kappa shape index (κ3) is 8.51. The molecule has 11 nitrogen and oxygen atoms in total. The van der Waals surface area contributed by atoms with Crippen LogP contribution in [-0.2, 0) is 19.2 Å². The summed E-state index contributed by atoms with van der Waals surface area (Å²) in [4.78, 5) is 50.1. The van der Waals surface area contributed by atoms with Gasteiger partial charge in [-0.2, -0.15) is 0 Å². The number of nitrogens with zero attached hydrogens (tertiary/aromatic N) is 1. The molecule has 41 heavy (non-hydrogen) atoms. The van der Waals surface area contributed by atoms with Crippen LogP contribution in [-0.4, -0.2) is 69.7 Å². The van der Waals surface area contributed by atoms with Crippen LogP contribution in [0.3, 0.4) is 0 Å². The Morgan fingerprint density at radius 1 is 0.951 bits per heavy atom. The zero-order valence-corrected chi connectivity index (χ0v) is 24.1. The number of carboxylic acid groups (broad SMARTS) is 1. The van der Waals surface area contributed by atoms with E-state index in [1.54, 1.807) is 39.8 Å². The van der Waals surface area contributed by atoms with Crippen LogP contribution in [0.4, 0.5) is 0 Å². The Morgan fingerprint density at radius 3 is 2.24 bits per heavy atom.